The Labute approximate surface area is 182 Å². The number of nitrogens with zero attached hydrogens (tertiary/aromatic N) is 2. The SMILES string of the molecule is Cc1cc(Cl)ccc1NC(=O)Cn1c(=O)sc2cc(S(=O)(=O)N3CCCC3)ccc21. The molecule has 158 valence electrons. The van der Waals surface area contributed by atoms with E-state index in [1.165, 1.54) is 21.0 Å². The Morgan fingerprint density at radius 1 is 1.17 bits per heavy atom. The number of nitrogens with one attached hydrogen (secondary N) is 1. The third-order valence-corrected chi connectivity index (χ3v) is 8.18. The van der Waals surface area contributed by atoms with Gasteiger partial charge in [0.15, 0.2) is 0 Å². The van der Waals surface area contributed by atoms with Crippen molar-refractivity contribution in [2.45, 2.75) is 31.2 Å². The summed E-state index contributed by atoms with van der Waals surface area (Å²) in [4.78, 5) is 24.8. The number of amides is 1. The second kappa shape index (κ2) is 8.14. The highest BCUT2D eigenvalue weighted by molar-refractivity contribution is 7.89. The van der Waals surface area contributed by atoms with Crippen LogP contribution in [0.1, 0.15) is 18.4 Å². The van der Waals surface area contributed by atoms with Crippen LogP contribution in [0.3, 0.4) is 0 Å². The zero-order chi connectivity index (χ0) is 21.5. The third kappa shape index (κ3) is 4.02. The number of fused-ring (bicyclic) bond motifs is 1. The van der Waals surface area contributed by atoms with Crippen molar-refractivity contribution >= 4 is 54.8 Å². The van der Waals surface area contributed by atoms with Crippen molar-refractivity contribution in [3.8, 4) is 0 Å². The minimum absolute atomic E-state index is 0.168. The number of aromatic nitrogens is 1. The highest BCUT2D eigenvalue weighted by Gasteiger charge is 2.27. The van der Waals surface area contributed by atoms with Gasteiger partial charge in [-0.25, -0.2) is 8.42 Å². The molecule has 0 radical (unpaired) electrons. The lowest BCUT2D eigenvalue weighted by Gasteiger charge is -2.15. The highest BCUT2D eigenvalue weighted by Crippen LogP contribution is 2.26. The molecular formula is C20H20ClN3O4S2. The van der Waals surface area contributed by atoms with Crippen molar-refractivity contribution in [1.29, 1.82) is 0 Å². The minimum atomic E-state index is -3.57. The molecule has 0 atom stereocenters. The Kier molecular flexibility index (Phi) is 5.71. The largest absolute Gasteiger partial charge is 0.324 e. The second-order valence-corrected chi connectivity index (χ2v) is 10.6. The van der Waals surface area contributed by atoms with E-state index >= 15 is 0 Å². The van der Waals surface area contributed by atoms with E-state index < -0.39 is 10.0 Å². The molecule has 1 aliphatic rings. The summed E-state index contributed by atoms with van der Waals surface area (Å²) in [6.07, 6.45) is 1.71. The summed E-state index contributed by atoms with van der Waals surface area (Å²) in [6.45, 7) is 2.69. The molecule has 30 heavy (non-hydrogen) atoms. The molecule has 1 saturated heterocycles. The summed E-state index contributed by atoms with van der Waals surface area (Å²) in [5, 5.41) is 3.36. The maximum Gasteiger partial charge on any atom is 0.308 e. The topological polar surface area (TPSA) is 88.5 Å². The molecule has 3 aromatic rings. The average molecular weight is 466 g/mol. The molecule has 2 heterocycles. The number of anilines is 1. The number of sulfonamides is 1. The number of carbonyl (C=O) groups is 1. The monoisotopic (exact) mass is 465 g/mol. The van der Waals surface area contributed by atoms with Crippen molar-refractivity contribution in [2.24, 2.45) is 0 Å². The van der Waals surface area contributed by atoms with Gasteiger partial charge in [0, 0.05) is 23.8 Å². The Morgan fingerprint density at radius 3 is 2.60 bits per heavy atom. The Hall–Kier alpha value is -2.20. The zero-order valence-electron chi connectivity index (χ0n) is 16.2. The van der Waals surface area contributed by atoms with Crippen LogP contribution >= 0.6 is 22.9 Å². The predicted octanol–water partition coefficient (Wildman–Crippen LogP) is 3.45. The summed E-state index contributed by atoms with van der Waals surface area (Å²) in [5.41, 5.74) is 1.97. The number of rotatable bonds is 5. The van der Waals surface area contributed by atoms with Crippen LogP contribution in [-0.4, -0.2) is 36.3 Å². The first kappa shape index (κ1) is 21.0. The van der Waals surface area contributed by atoms with Crippen LogP contribution in [0.2, 0.25) is 5.02 Å². The minimum Gasteiger partial charge on any atom is -0.324 e. The Morgan fingerprint density at radius 2 is 1.90 bits per heavy atom. The van der Waals surface area contributed by atoms with Gasteiger partial charge in [0.25, 0.3) is 0 Å². The molecule has 0 bridgehead atoms. The van der Waals surface area contributed by atoms with Gasteiger partial charge in [0.1, 0.15) is 6.54 Å². The van der Waals surface area contributed by atoms with E-state index in [2.05, 4.69) is 5.32 Å². The van der Waals surface area contributed by atoms with Crippen molar-refractivity contribution in [2.75, 3.05) is 18.4 Å². The molecule has 1 N–H and O–H groups in total. The quantitative estimate of drug-likeness (QED) is 0.625. The summed E-state index contributed by atoms with van der Waals surface area (Å²) in [7, 11) is -3.57. The van der Waals surface area contributed by atoms with E-state index in [1.54, 1.807) is 24.3 Å². The van der Waals surface area contributed by atoms with Crippen LogP contribution in [-0.2, 0) is 21.4 Å². The first-order chi connectivity index (χ1) is 14.3. The lowest BCUT2D eigenvalue weighted by Crippen LogP contribution is -2.27. The van der Waals surface area contributed by atoms with Gasteiger partial charge in [-0.05, 0) is 61.7 Å². The summed E-state index contributed by atoms with van der Waals surface area (Å²) < 4.78 is 28.9. The lowest BCUT2D eigenvalue weighted by atomic mass is 10.2. The molecule has 7 nitrogen and oxygen atoms in total. The van der Waals surface area contributed by atoms with Crippen molar-refractivity contribution in [1.82, 2.24) is 8.87 Å². The summed E-state index contributed by atoms with van der Waals surface area (Å²) in [5.74, 6) is -0.351. The number of hydrogen-bond acceptors (Lipinski definition) is 5. The van der Waals surface area contributed by atoms with Gasteiger partial charge in [-0.2, -0.15) is 4.31 Å². The number of thiazole rings is 1. The fourth-order valence-electron chi connectivity index (χ4n) is 3.54. The van der Waals surface area contributed by atoms with E-state index in [0.717, 1.165) is 29.7 Å². The lowest BCUT2D eigenvalue weighted by molar-refractivity contribution is -0.116. The first-order valence-corrected chi connectivity index (χ1v) is 12.1. The average Bonchev–Trinajstić information content (AvgIpc) is 3.33. The summed E-state index contributed by atoms with van der Waals surface area (Å²) in [6, 6.07) is 9.74. The molecule has 2 aromatic carbocycles. The van der Waals surface area contributed by atoms with Crippen molar-refractivity contribution < 1.29 is 13.2 Å². The molecule has 4 rings (SSSR count). The van der Waals surface area contributed by atoms with E-state index in [4.69, 9.17) is 11.6 Å². The van der Waals surface area contributed by atoms with Crippen LogP contribution in [0.25, 0.3) is 10.2 Å². The molecular weight excluding hydrogens is 446 g/mol. The van der Waals surface area contributed by atoms with Gasteiger partial charge in [-0.3, -0.25) is 14.2 Å². The van der Waals surface area contributed by atoms with E-state index in [1.807, 2.05) is 6.92 Å². The molecule has 0 aliphatic carbocycles. The molecule has 1 fully saturated rings. The van der Waals surface area contributed by atoms with Crippen LogP contribution in [0.5, 0.6) is 0 Å². The van der Waals surface area contributed by atoms with Crippen LogP contribution in [0, 0.1) is 6.92 Å². The number of benzene rings is 2. The van der Waals surface area contributed by atoms with E-state index in [-0.39, 0.29) is 22.2 Å². The molecule has 1 aliphatic heterocycles. The Bertz CT molecular complexity index is 1290. The maximum atomic E-state index is 12.8. The number of halogens is 1. The van der Waals surface area contributed by atoms with E-state index in [9.17, 15) is 18.0 Å². The van der Waals surface area contributed by atoms with Gasteiger partial charge >= 0.3 is 4.87 Å². The Balaban J connectivity index is 1.60. The standard InChI is InChI=1S/C20H20ClN3O4S2/c1-13-10-14(21)4-6-16(13)22-19(25)12-24-17-7-5-15(11-18(17)29-20(24)26)30(27,28)23-8-2-3-9-23/h4-7,10-11H,2-3,8-9,12H2,1H3,(H,22,25). The molecule has 1 amide bonds. The van der Waals surface area contributed by atoms with Gasteiger partial charge in [-0.15, -0.1) is 0 Å². The van der Waals surface area contributed by atoms with Crippen LogP contribution in [0.4, 0.5) is 5.69 Å². The highest BCUT2D eigenvalue weighted by atomic mass is 35.5. The van der Waals surface area contributed by atoms with Gasteiger partial charge in [0.05, 0.1) is 15.1 Å². The molecule has 0 saturated carbocycles. The normalized spacial score (nSPS) is 15.0. The summed E-state index contributed by atoms with van der Waals surface area (Å²) >= 11 is 6.87. The number of carbonyl (C=O) groups excluding carboxylic acids is 1. The maximum absolute atomic E-state index is 12.8. The molecule has 0 spiro atoms. The second-order valence-electron chi connectivity index (χ2n) is 7.20. The third-order valence-electron chi connectivity index (χ3n) is 5.11. The van der Waals surface area contributed by atoms with Crippen molar-refractivity contribution in [3.63, 3.8) is 0 Å². The van der Waals surface area contributed by atoms with Gasteiger partial charge < -0.3 is 5.32 Å². The number of hydrogen-bond donors (Lipinski definition) is 1. The fraction of sp³-hybridized carbons (Fsp3) is 0.300. The van der Waals surface area contributed by atoms with E-state index in [0.29, 0.717) is 34.0 Å². The fourth-order valence-corrected chi connectivity index (χ4v) is 6.31. The number of aryl methyl sites for hydroxylation is 1. The molecule has 0 unspecified atom stereocenters. The molecule has 10 heteroatoms. The smallest absolute Gasteiger partial charge is 0.308 e. The zero-order valence-corrected chi connectivity index (χ0v) is 18.6. The molecule has 1 aromatic heterocycles. The van der Waals surface area contributed by atoms with Gasteiger partial charge in [0.2, 0.25) is 15.9 Å². The van der Waals surface area contributed by atoms with Gasteiger partial charge in [-0.1, -0.05) is 22.9 Å². The van der Waals surface area contributed by atoms with Crippen molar-refractivity contribution in [3.05, 3.63) is 56.7 Å². The predicted molar refractivity (Wildman–Crippen MR) is 119 cm³/mol. The van der Waals surface area contributed by atoms with Crippen LogP contribution in [0.15, 0.2) is 46.1 Å². The van der Waals surface area contributed by atoms with Crippen LogP contribution < -0.4 is 10.2 Å². The first-order valence-electron chi connectivity index (χ1n) is 9.45.